The highest BCUT2D eigenvalue weighted by Gasteiger charge is 2.05. The van der Waals surface area contributed by atoms with Crippen LogP contribution in [0.1, 0.15) is 42.5 Å². The molecule has 0 saturated heterocycles. The van der Waals surface area contributed by atoms with Crippen LogP contribution in [0.4, 0.5) is 0 Å². The van der Waals surface area contributed by atoms with Crippen LogP contribution in [0.15, 0.2) is 47.0 Å². The fourth-order valence-corrected chi connectivity index (χ4v) is 2.74. The van der Waals surface area contributed by atoms with Crippen LogP contribution in [0.2, 0.25) is 0 Å². The molecule has 0 aromatic heterocycles. The fourth-order valence-electron chi connectivity index (χ4n) is 2.74. The van der Waals surface area contributed by atoms with Crippen LogP contribution in [0, 0.1) is 0 Å². The number of benzene rings is 1. The van der Waals surface area contributed by atoms with Gasteiger partial charge in [0.1, 0.15) is 0 Å². The van der Waals surface area contributed by atoms with E-state index in [1.807, 2.05) is 30.3 Å². The van der Waals surface area contributed by atoms with Crippen LogP contribution >= 0.6 is 24.0 Å². The Morgan fingerprint density at radius 1 is 1.04 bits per heavy atom. The number of halogens is 1. The molecular formula is C19H29IN4O. The molecule has 0 aliphatic heterocycles. The summed E-state index contributed by atoms with van der Waals surface area (Å²) in [4.78, 5) is 16.1. The second-order valence-electron chi connectivity index (χ2n) is 5.91. The molecule has 0 spiro atoms. The zero-order valence-corrected chi connectivity index (χ0v) is 17.2. The van der Waals surface area contributed by atoms with Crippen molar-refractivity contribution in [1.29, 1.82) is 0 Å². The van der Waals surface area contributed by atoms with E-state index >= 15 is 0 Å². The van der Waals surface area contributed by atoms with E-state index in [-0.39, 0.29) is 29.9 Å². The third-order valence-corrected chi connectivity index (χ3v) is 4.09. The molecule has 0 heterocycles. The highest BCUT2D eigenvalue weighted by molar-refractivity contribution is 14.0. The lowest BCUT2D eigenvalue weighted by Crippen LogP contribution is -2.41. The summed E-state index contributed by atoms with van der Waals surface area (Å²) in [6.07, 6.45) is 8.56. The largest absolute Gasteiger partial charge is 0.356 e. The minimum Gasteiger partial charge on any atom is -0.356 e. The van der Waals surface area contributed by atoms with Crippen LogP contribution in [-0.2, 0) is 0 Å². The van der Waals surface area contributed by atoms with E-state index in [2.05, 4.69) is 27.0 Å². The maximum absolute atomic E-state index is 11.9. The summed E-state index contributed by atoms with van der Waals surface area (Å²) in [5.74, 6) is 0.727. The van der Waals surface area contributed by atoms with Crippen molar-refractivity contribution in [2.75, 3.05) is 26.7 Å². The Morgan fingerprint density at radius 3 is 2.44 bits per heavy atom. The highest BCUT2D eigenvalue weighted by atomic mass is 127. The molecule has 2 rings (SSSR count). The number of hydrogen-bond acceptors (Lipinski definition) is 2. The lowest BCUT2D eigenvalue weighted by molar-refractivity contribution is 0.0954. The summed E-state index contributed by atoms with van der Waals surface area (Å²) in [5, 5.41) is 9.43. The third-order valence-electron chi connectivity index (χ3n) is 4.09. The average Bonchev–Trinajstić information content (AvgIpc) is 2.65. The van der Waals surface area contributed by atoms with Gasteiger partial charge in [0.25, 0.3) is 5.91 Å². The van der Waals surface area contributed by atoms with Crippen molar-refractivity contribution in [1.82, 2.24) is 16.0 Å². The van der Waals surface area contributed by atoms with Crippen molar-refractivity contribution >= 4 is 35.8 Å². The van der Waals surface area contributed by atoms with Gasteiger partial charge in [-0.3, -0.25) is 9.79 Å². The molecule has 6 heteroatoms. The number of allylic oxidation sites excluding steroid dienone is 1. The van der Waals surface area contributed by atoms with Crippen molar-refractivity contribution in [2.45, 2.75) is 32.1 Å². The topological polar surface area (TPSA) is 65.5 Å². The van der Waals surface area contributed by atoms with E-state index in [1.54, 1.807) is 12.6 Å². The first-order valence-corrected chi connectivity index (χ1v) is 8.75. The van der Waals surface area contributed by atoms with Crippen molar-refractivity contribution in [3.63, 3.8) is 0 Å². The first kappa shape index (κ1) is 21.5. The van der Waals surface area contributed by atoms with Gasteiger partial charge in [0.15, 0.2) is 5.96 Å². The van der Waals surface area contributed by atoms with E-state index < -0.39 is 0 Å². The smallest absolute Gasteiger partial charge is 0.251 e. The number of nitrogens with one attached hydrogen (secondary N) is 3. The van der Waals surface area contributed by atoms with Gasteiger partial charge in [-0.25, -0.2) is 0 Å². The molecule has 0 atom stereocenters. The molecule has 1 aromatic carbocycles. The quantitative estimate of drug-likeness (QED) is 0.194. The number of rotatable bonds is 7. The van der Waals surface area contributed by atoms with Crippen molar-refractivity contribution in [3.8, 4) is 0 Å². The second kappa shape index (κ2) is 12.7. The summed E-state index contributed by atoms with van der Waals surface area (Å²) in [7, 11) is 1.76. The van der Waals surface area contributed by atoms with E-state index in [0.29, 0.717) is 18.7 Å². The molecule has 5 nitrogen and oxygen atoms in total. The fraction of sp³-hybridized carbons (Fsp3) is 0.474. The van der Waals surface area contributed by atoms with Crippen LogP contribution in [-0.4, -0.2) is 38.5 Å². The molecule has 0 saturated carbocycles. The Hall–Kier alpha value is -1.57. The number of hydrogen-bond donors (Lipinski definition) is 3. The van der Waals surface area contributed by atoms with E-state index in [0.717, 1.165) is 18.9 Å². The van der Waals surface area contributed by atoms with E-state index in [1.165, 1.54) is 25.7 Å². The standard InChI is InChI=1S/C19H28N4O.HI/c1-20-19(22-13-12-16-8-4-2-5-9-16)23-15-14-21-18(24)17-10-6-3-7-11-17;/h3,6-8,10-11H,2,4-5,9,12-15H2,1H3,(H,21,24)(H2,20,22,23);1H. The lowest BCUT2D eigenvalue weighted by Gasteiger charge is -2.15. The SMILES string of the molecule is CN=C(NCCNC(=O)c1ccccc1)NCCC1=CCCCC1.I. The molecule has 25 heavy (non-hydrogen) atoms. The molecule has 3 N–H and O–H groups in total. The third kappa shape index (κ3) is 8.38. The second-order valence-corrected chi connectivity index (χ2v) is 5.91. The summed E-state index contributed by atoms with van der Waals surface area (Å²) in [6.45, 7) is 2.09. The van der Waals surface area contributed by atoms with Gasteiger partial charge in [-0.1, -0.05) is 29.8 Å². The molecule has 1 aromatic rings. The Kier molecular flexibility index (Phi) is 10.9. The first-order valence-electron chi connectivity index (χ1n) is 8.75. The van der Waals surface area contributed by atoms with Gasteiger partial charge in [-0.2, -0.15) is 0 Å². The normalized spacial score (nSPS) is 14.1. The van der Waals surface area contributed by atoms with Crippen LogP contribution in [0.25, 0.3) is 0 Å². The van der Waals surface area contributed by atoms with Gasteiger partial charge < -0.3 is 16.0 Å². The maximum Gasteiger partial charge on any atom is 0.251 e. The molecule has 1 amide bonds. The van der Waals surface area contributed by atoms with Gasteiger partial charge >= 0.3 is 0 Å². The molecule has 138 valence electrons. The number of carbonyl (C=O) groups is 1. The van der Waals surface area contributed by atoms with Crippen LogP contribution in [0.3, 0.4) is 0 Å². The molecular weight excluding hydrogens is 427 g/mol. The first-order chi connectivity index (χ1) is 11.8. The maximum atomic E-state index is 11.9. The Balaban J connectivity index is 0.00000312. The molecule has 0 radical (unpaired) electrons. The Labute approximate surface area is 167 Å². The zero-order valence-electron chi connectivity index (χ0n) is 14.9. The summed E-state index contributed by atoms with van der Waals surface area (Å²) in [6, 6.07) is 9.24. The number of aliphatic imine (C=N–C) groups is 1. The molecule has 1 aliphatic carbocycles. The number of carbonyl (C=O) groups excluding carboxylic acids is 1. The van der Waals surface area contributed by atoms with Gasteiger partial charge in [0.05, 0.1) is 0 Å². The minimum atomic E-state index is -0.0513. The summed E-state index contributed by atoms with van der Waals surface area (Å²) >= 11 is 0. The molecule has 0 unspecified atom stereocenters. The van der Waals surface area contributed by atoms with Crippen LogP contribution < -0.4 is 16.0 Å². The zero-order chi connectivity index (χ0) is 17.0. The predicted octanol–water partition coefficient (Wildman–Crippen LogP) is 3.09. The number of amides is 1. The molecule has 1 aliphatic rings. The van der Waals surface area contributed by atoms with Gasteiger partial charge in [0.2, 0.25) is 0 Å². The van der Waals surface area contributed by atoms with E-state index in [4.69, 9.17) is 0 Å². The van der Waals surface area contributed by atoms with E-state index in [9.17, 15) is 4.79 Å². The highest BCUT2D eigenvalue weighted by Crippen LogP contribution is 2.19. The van der Waals surface area contributed by atoms with Crippen molar-refractivity contribution in [2.24, 2.45) is 4.99 Å². The average molecular weight is 456 g/mol. The Bertz CT molecular complexity index is 572. The van der Waals surface area contributed by atoms with Crippen LogP contribution in [0.5, 0.6) is 0 Å². The minimum absolute atomic E-state index is 0. The van der Waals surface area contributed by atoms with Gasteiger partial charge in [-0.15, -0.1) is 24.0 Å². The summed E-state index contributed by atoms with van der Waals surface area (Å²) in [5.41, 5.74) is 2.24. The number of nitrogens with zero attached hydrogens (tertiary/aromatic N) is 1. The molecule has 0 bridgehead atoms. The number of guanidine groups is 1. The van der Waals surface area contributed by atoms with Gasteiger partial charge in [-0.05, 0) is 44.2 Å². The van der Waals surface area contributed by atoms with Crippen molar-refractivity contribution in [3.05, 3.63) is 47.5 Å². The van der Waals surface area contributed by atoms with Crippen molar-refractivity contribution < 1.29 is 4.79 Å². The summed E-state index contributed by atoms with van der Waals surface area (Å²) < 4.78 is 0. The predicted molar refractivity (Wildman–Crippen MR) is 115 cm³/mol. The monoisotopic (exact) mass is 456 g/mol. The molecule has 0 fully saturated rings. The lowest BCUT2D eigenvalue weighted by atomic mass is 9.97. The van der Waals surface area contributed by atoms with Gasteiger partial charge in [0, 0.05) is 32.2 Å². The Morgan fingerprint density at radius 2 is 1.76 bits per heavy atom.